The molecule has 1 aliphatic rings. The van der Waals surface area contributed by atoms with Gasteiger partial charge in [-0.1, -0.05) is 54.6 Å². The molecule has 1 heterocycles. The van der Waals surface area contributed by atoms with Crippen molar-refractivity contribution in [2.75, 3.05) is 13.1 Å². The van der Waals surface area contributed by atoms with Gasteiger partial charge >= 0.3 is 0 Å². The van der Waals surface area contributed by atoms with Crippen molar-refractivity contribution in [2.45, 2.75) is 13.0 Å². The van der Waals surface area contributed by atoms with E-state index in [2.05, 4.69) is 35.2 Å². The number of benzene rings is 2. The molecule has 3 heteroatoms. The van der Waals surface area contributed by atoms with E-state index in [0.29, 0.717) is 5.56 Å². The lowest BCUT2D eigenvalue weighted by Gasteiger charge is -2.25. The second-order valence-electron chi connectivity index (χ2n) is 5.76. The van der Waals surface area contributed by atoms with E-state index in [4.69, 9.17) is 0 Å². The fourth-order valence-electron chi connectivity index (χ4n) is 2.68. The molecule has 1 nitrogen and oxygen atoms in total. The van der Waals surface area contributed by atoms with E-state index in [0.717, 1.165) is 32.1 Å². The first kappa shape index (κ1) is 15.6. The summed E-state index contributed by atoms with van der Waals surface area (Å²) in [7, 11) is 0. The molecule has 0 radical (unpaired) electrons. The molecule has 3 rings (SSSR count). The third kappa shape index (κ3) is 4.36. The van der Waals surface area contributed by atoms with E-state index in [1.165, 1.54) is 17.2 Å². The van der Waals surface area contributed by atoms with Crippen molar-refractivity contribution in [3.63, 3.8) is 0 Å². The van der Waals surface area contributed by atoms with Gasteiger partial charge in [0.2, 0.25) is 0 Å². The van der Waals surface area contributed by atoms with E-state index < -0.39 is 11.6 Å². The average molecular weight is 311 g/mol. The highest BCUT2D eigenvalue weighted by Crippen LogP contribution is 2.17. The number of hydrogen-bond donors (Lipinski definition) is 0. The number of halogens is 2. The molecule has 0 amide bonds. The molecule has 0 fully saturated rings. The first-order valence-electron chi connectivity index (χ1n) is 7.79. The molecule has 0 saturated carbocycles. The standard InChI is InChI=1S/C20H19F2N/c21-19-9-8-17(14-20(19)22)7-6-16-10-12-23(13-11-16)15-18-4-2-1-3-5-18/h1-10,14H,11-13,15H2/b7-6+. The van der Waals surface area contributed by atoms with Crippen molar-refractivity contribution in [1.82, 2.24) is 4.90 Å². The van der Waals surface area contributed by atoms with Gasteiger partial charge in [-0.25, -0.2) is 8.78 Å². The zero-order valence-electron chi connectivity index (χ0n) is 12.9. The first-order valence-corrected chi connectivity index (χ1v) is 7.79. The van der Waals surface area contributed by atoms with Crippen LogP contribution in [-0.2, 0) is 6.54 Å². The molecule has 0 aliphatic carbocycles. The Morgan fingerprint density at radius 3 is 2.48 bits per heavy atom. The summed E-state index contributed by atoms with van der Waals surface area (Å²) in [5, 5.41) is 0. The molecule has 0 saturated heterocycles. The van der Waals surface area contributed by atoms with Crippen molar-refractivity contribution in [2.24, 2.45) is 0 Å². The number of nitrogens with zero attached hydrogens (tertiary/aromatic N) is 1. The van der Waals surface area contributed by atoms with Gasteiger partial charge in [-0.2, -0.15) is 0 Å². The lowest BCUT2D eigenvalue weighted by Crippen LogP contribution is -2.27. The molecule has 0 aromatic heterocycles. The Bertz CT molecular complexity index is 720. The van der Waals surface area contributed by atoms with Gasteiger partial charge in [-0.05, 0) is 35.3 Å². The quantitative estimate of drug-likeness (QED) is 0.783. The molecule has 0 spiro atoms. The molecule has 0 atom stereocenters. The lowest BCUT2D eigenvalue weighted by atomic mass is 10.1. The largest absolute Gasteiger partial charge is 0.295 e. The summed E-state index contributed by atoms with van der Waals surface area (Å²) < 4.78 is 26.1. The first-order chi connectivity index (χ1) is 11.2. The monoisotopic (exact) mass is 311 g/mol. The molecular weight excluding hydrogens is 292 g/mol. The minimum absolute atomic E-state index is 0.677. The van der Waals surface area contributed by atoms with Crippen LogP contribution in [0.4, 0.5) is 8.78 Å². The summed E-state index contributed by atoms with van der Waals surface area (Å²) >= 11 is 0. The molecule has 118 valence electrons. The highest BCUT2D eigenvalue weighted by atomic mass is 19.2. The fraction of sp³-hybridized carbons (Fsp3) is 0.200. The molecule has 2 aromatic rings. The van der Waals surface area contributed by atoms with Crippen LogP contribution in [0, 0.1) is 11.6 Å². The Kier molecular flexibility index (Phi) is 4.99. The molecule has 2 aromatic carbocycles. The normalized spacial score (nSPS) is 15.8. The lowest BCUT2D eigenvalue weighted by molar-refractivity contribution is 0.287. The maximum Gasteiger partial charge on any atom is 0.159 e. The molecule has 23 heavy (non-hydrogen) atoms. The van der Waals surface area contributed by atoms with Crippen molar-refractivity contribution >= 4 is 6.08 Å². The Morgan fingerprint density at radius 2 is 1.78 bits per heavy atom. The average Bonchev–Trinajstić information content (AvgIpc) is 2.58. The second kappa shape index (κ2) is 7.34. The van der Waals surface area contributed by atoms with Gasteiger partial charge in [-0.3, -0.25) is 4.90 Å². The van der Waals surface area contributed by atoms with Gasteiger partial charge in [0, 0.05) is 19.6 Å². The second-order valence-corrected chi connectivity index (χ2v) is 5.76. The Morgan fingerprint density at radius 1 is 0.957 bits per heavy atom. The van der Waals surface area contributed by atoms with Gasteiger partial charge in [0.1, 0.15) is 0 Å². The maximum absolute atomic E-state index is 13.2. The number of rotatable bonds is 4. The van der Waals surface area contributed by atoms with E-state index in [9.17, 15) is 8.78 Å². The summed E-state index contributed by atoms with van der Waals surface area (Å²) in [4.78, 5) is 2.39. The van der Waals surface area contributed by atoms with Crippen LogP contribution in [0.2, 0.25) is 0 Å². The van der Waals surface area contributed by atoms with Crippen LogP contribution in [0.5, 0.6) is 0 Å². The Balaban J connectivity index is 1.58. The minimum atomic E-state index is -0.810. The third-order valence-electron chi connectivity index (χ3n) is 4.01. The van der Waals surface area contributed by atoms with E-state index >= 15 is 0 Å². The van der Waals surface area contributed by atoms with E-state index in [-0.39, 0.29) is 0 Å². The van der Waals surface area contributed by atoms with Gasteiger partial charge in [0.25, 0.3) is 0 Å². The van der Waals surface area contributed by atoms with Crippen LogP contribution < -0.4 is 0 Å². The topological polar surface area (TPSA) is 3.24 Å². The SMILES string of the molecule is Fc1ccc(/C=C/C2=CCN(Cc3ccccc3)CC2)cc1F. The predicted molar refractivity (Wildman–Crippen MR) is 89.8 cm³/mol. The molecule has 1 aliphatic heterocycles. The molecule has 0 bridgehead atoms. The highest BCUT2D eigenvalue weighted by molar-refractivity contribution is 5.53. The Hall–Kier alpha value is -2.26. The van der Waals surface area contributed by atoms with Crippen molar-refractivity contribution in [3.05, 3.63) is 89.0 Å². The van der Waals surface area contributed by atoms with E-state index in [1.807, 2.05) is 18.2 Å². The van der Waals surface area contributed by atoms with Crippen molar-refractivity contribution in [3.8, 4) is 0 Å². The summed E-state index contributed by atoms with van der Waals surface area (Å²) in [5.41, 5.74) is 3.23. The van der Waals surface area contributed by atoms with Gasteiger partial charge in [0.05, 0.1) is 0 Å². The summed E-state index contributed by atoms with van der Waals surface area (Å²) in [6.45, 7) is 2.87. The highest BCUT2D eigenvalue weighted by Gasteiger charge is 2.10. The zero-order chi connectivity index (χ0) is 16.1. The van der Waals surface area contributed by atoms with Crippen LogP contribution in [-0.4, -0.2) is 18.0 Å². The molecule has 0 N–H and O–H groups in total. The number of hydrogen-bond acceptors (Lipinski definition) is 1. The Labute approximate surface area is 135 Å². The smallest absolute Gasteiger partial charge is 0.159 e. The van der Waals surface area contributed by atoms with Crippen LogP contribution in [0.15, 0.2) is 66.3 Å². The van der Waals surface area contributed by atoms with Crippen LogP contribution in [0.25, 0.3) is 6.08 Å². The minimum Gasteiger partial charge on any atom is -0.295 e. The summed E-state index contributed by atoms with van der Waals surface area (Å²) in [6, 6.07) is 14.4. The third-order valence-corrected chi connectivity index (χ3v) is 4.01. The van der Waals surface area contributed by atoms with Gasteiger partial charge < -0.3 is 0 Å². The van der Waals surface area contributed by atoms with Crippen LogP contribution >= 0.6 is 0 Å². The van der Waals surface area contributed by atoms with Crippen LogP contribution in [0.3, 0.4) is 0 Å². The van der Waals surface area contributed by atoms with Gasteiger partial charge in [0.15, 0.2) is 11.6 Å². The number of allylic oxidation sites excluding steroid dienone is 1. The molecule has 0 unspecified atom stereocenters. The molecular formula is C20H19F2N. The van der Waals surface area contributed by atoms with Crippen LogP contribution in [0.1, 0.15) is 17.5 Å². The summed E-state index contributed by atoms with van der Waals surface area (Å²) in [5.74, 6) is -1.62. The van der Waals surface area contributed by atoms with Gasteiger partial charge in [-0.15, -0.1) is 0 Å². The van der Waals surface area contributed by atoms with E-state index in [1.54, 1.807) is 6.07 Å². The van der Waals surface area contributed by atoms with Crippen molar-refractivity contribution < 1.29 is 8.78 Å². The summed E-state index contributed by atoms with van der Waals surface area (Å²) in [6.07, 6.45) is 6.99. The van der Waals surface area contributed by atoms with Crippen molar-refractivity contribution in [1.29, 1.82) is 0 Å². The maximum atomic E-state index is 13.2. The predicted octanol–water partition coefficient (Wildman–Crippen LogP) is 4.81. The fourth-order valence-corrected chi connectivity index (χ4v) is 2.68. The zero-order valence-corrected chi connectivity index (χ0v) is 12.9.